The fourth-order valence-electron chi connectivity index (χ4n) is 2.28. The fourth-order valence-corrected chi connectivity index (χ4v) is 2.28. The summed E-state index contributed by atoms with van der Waals surface area (Å²) in [6.45, 7) is 0.525. The van der Waals surface area contributed by atoms with Crippen LogP contribution in [0.15, 0.2) is 36.4 Å². The Morgan fingerprint density at radius 3 is 1.61 bits per heavy atom. The Labute approximate surface area is 104 Å². The van der Waals surface area contributed by atoms with E-state index in [2.05, 4.69) is 0 Å². The lowest BCUT2D eigenvalue weighted by molar-refractivity contribution is 0.173. The lowest BCUT2D eigenvalue weighted by atomic mass is 10.0. The van der Waals surface area contributed by atoms with Crippen molar-refractivity contribution in [3.8, 4) is 34.1 Å². The Hall–Kier alpha value is -2.36. The topological polar surface area (TPSA) is 36.9 Å². The van der Waals surface area contributed by atoms with Gasteiger partial charge in [0.25, 0.3) is 0 Å². The molecule has 0 bridgehead atoms. The third-order valence-corrected chi connectivity index (χ3v) is 3.08. The molecule has 2 aromatic carbocycles. The predicted octanol–water partition coefficient (Wildman–Crippen LogP) is 2.81. The minimum absolute atomic E-state index is 0.263. The van der Waals surface area contributed by atoms with Crippen molar-refractivity contribution in [2.45, 2.75) is 0 Å². The fraction of sp³-hybridized carbons (Fsp3) is 0.143. The molecule has 0 saturated heterocycles. The van der Waals surface area contributed by atoms with E-state index in [0.29, 0.717) is 0 Å². The maximum atomic E-state index is 5.53. The highest BCUT2D eigenvalue weighted by Gasteiger charge is 2.24. The first-order valence-corrected chi connectivity index (χ1v) is 5.71. The number of benzene rings is 2. The zero-order valence-electron chi connectivity index (χ0n) is 9.51. The summed E-state index contributed by atoms with van der Waals surface area (Å²) in [6.07, 6.45) is 0. The smallest absolute Gasteiger partial charge is 0.231 e. The second-order valence-electron chi connectivity index (χ2n) is 4.08. The van der Waals surface area contributed by atoms with Crippen LogP contribution in [0.5, 0.6) is 23.0 Å². The van der Waals surface area contributed by atoms with Gasteiger partial charge in [-0.25, -0.2) is 0 Å². The van der Waals surface area contributed by atoms with Gasteiger partial charge in [0.1, 0.15) is 0 Å². The van der Waals surface area contributed by atoms with Crippen LogP contribution in [0.1, 0.15) is 0 Å². The second kappa shape index (κ2) is 3.57. The molecule has 0 amide bonds. The van der Waals surface area contributed by atoms with Crippen LogP contribution in [0.4, 0.5) is 0 Å². The maximum absolute atomic E-state index is 5.53. The molecule has 0 aromatic heterocycles. The normalized spacial score (nSPS) is 14.9. The van der Waals surface area contributed by atoms with Gasteiger partial charge in [0.15, 0.2) is 23.0 Å². The van der Waals surface area contributed by atoms with Crippen molar-refractivity contribution in [2.75, 3.05) is 13.6 Å². The van der Waals surface area contributed by atoms with Gasteiger partial charge in [-0.1, -0.05) is 24.3 Å². The van der Waals surface area contributed by atoms with Gasteiger partial charge < -0.3 is 18.9 Å². The summed E-state index contributed by atoms with van der Waals surface area (Å²) in [5.74, 6) is 3.07. The van der Waals surface area contributed by atoms with E-state index in [4.69, 9.17) is 18.9 Å². The van der Waals surface area contributed by atoms with Gasteiger partial charge in [0.05, 0.1) is 0 Å². The van der Waals surface area contributed by atoms with Crippen molar-refractivity contribution in [1.29, 1.82) is 0 Å². The van der Waals surface area contributed by atoms with Crippen molar-refractivity contribution in [3.05, 3.63) is 36.4 Å². The molecule has 2 heterocycles. The van der Waals surface area contributed by atoms with Gasteiger partial charge in [-0.05, 0) is 12.1 Å². The van der Waals surface area contributed by atoms with Crippen molar-refractivity contribution in [2.24, 2.45) is 0 Å². The quantitative estimate of drug-likeness (QED) is 0.770. The standard InChI is InChI=1S/C14H10O4/c1-3-9(13-11(5-1)15-7-17-13)10-4-2-6-12-14(10)18-8-16-12/h1-6H,7-8H2. The molecular weight excluding hydrogens is 232 g/mol. The van der Waals surface area contributed by atoms with E-state index in [1.165, 1.54) is 0 Å². The van der Waals surface area contributed by atoms with Gasteiger partial charge in [-0.15, -0.1) is 0 Å². The molecular formula is C14H10O4. The van der Waals surface area contributed by atoms with E-state index in [-0.39, 0.29) is 13.6 Å². The third-order valence-electron chi connectivity index (χ3n) is 3.08. The van der Waals surface area contributed by atoms with Gasteiger partial charge in [0.2, 0.25) is 13.6 Å². The summed E-state index contributed by atoms with van der Waals surface area (Å²) in [4.78, 5) is 0. The highest BCUT2D eigenvalue weighted by molar-refractivity contribution is 5.81. The molecule has 90 valence electrons. The van der Waals surface area contributed by atoms with Crippen molar-refractivity contribution in [1.82, 2.24) is 0 Å². The van der Waals surface area contributed by atoms with Crippen LogP contribution in [0.25, 0.3) is 11.1 Å². The molecule has 0 aliphatic carbocycles. The first kappa shape index (κ1) is 9.65. The Morgan fingerprint density at radius 2 is 1.11 bits per heavy atom. The van der Waals surface area contributed by atoms with E-state index in [1.807, 2.05) is 36.4 Å². The van der Waals surface area contributed by atoms with Crippen LogP contribution in [0, 0.1) is 0 Å². The van der Waals surface area contributed by atoms with E-state index in [9.17, 15) is 0 Å². The Balaban J connectivity index is 1.95. The van der Waals surface area contributed by atoms with Gasteiger partial charge in [-0.3, -0.25) is 0 Å². The van der Waals surface area contributed by atoms with Crippen LogP contribution in [0.3, 0.4) is 0 Å². The minimum Gasteiger partial charge on any atom is -0.454 e. The molecule has 0 saturated carbocycles. The molecule has 0 N–H and O–H groups in total. The molecule has 0 atom stereocenters. The third kappa shape index (κ3) is 1.26. The highest BCUT2D eigenvalue weighted by Crippen LogP contribution is 2.47. The Kier molecular flexibility index (Phi) is 1.91. The van der Waals surface area contributed by atoms with Crippen molar-refractivity contribution >= 4 is 0 Å². The Bertz CT molecular complexity index is 566. The van der Waals surface area contributed by atoms with Crippen LogP contribution in [-0.2, 0) is 0 Å². The first-order valence-electron chi connectivity index (χ1n) is 5.71. The zero-order chi connectivity index (χ0) is 11.9. The van der Waals surface area contributed by atoms with Crippen molar-refractivity contribution in [3.63, 3.8) is 0 Å². The van der Waals surface area contributed by atoms with Gasteiger partial charge in [-0.2, -0.15) is 0 Å². The molecule has 0 unspecified atom stereocenters. The average molecular weight is 242 g/mol. The predicted molar refractivity (Wildman–Crippen MR) is 64.1 cm³/mol. The second-order valence-corrected chi connectivity index (χ2v) is 4.08. The molecule has 4 nitrogen and oxygen atoms in total. The molecule has 0 fully saturated rings. The average Bonchev–Trinajstić information content (AvgIpc) is 3.06. The zero-order valence-corrected chi connectivity index (χ0v) is 9.51. The minimum atomic E-state index is 0.263. The van der Waals surface area contributed by atoms with Crippen LogP contribution in [0.2, 0.25) is 0 Å². The van der Waals surface area contributed by atoms with E-state index < -0.39 is 0 Å². The van der Waals surface area contributed by atoms with E-state index >= 15 is 0 Å². The van der Waals surface area contributed by atoms with Crippen LogP contribution >= 0.6 is 0 Å². The van der Waals surface area contributed by atoms with Crippen LogP contribution in [-0.4, -0.2) is 13.6 Å². The molecule has 2 aromatic rings. The molecule has 4 heteroatoms. The van der Waals surface area contributed by atoms with Gasteiger partial charge >= 0.3 is 0 Å². The van der Waals surface area contributed by atoms with Crippen molar-refractivity contribution < 1.29 is 18.9 Å². The number of rotatable bonds is 1. The molecule has 2 aliphatic heterocycles. The van der Waals surface area contributed by atoms with Gasteiger partial charge in [0, 0.05) is 11.1 Å². The summed E-state index contributed by atoms with van der Waals surface area (Å²) in [5.41, 5.74) is 1.93. The summed E-state index contributed by atoms with van der Waals surface area (Å²) in [5, 5.41) is 0. The lowest BCUT2D eigenvalue weighted by Crippen LogP contribution is -1.94. The summed E-state index contributed by atoms with van der Waals surface area (Å²) >= 11 is 0. The Morgan fingerprint density at radius 1 is 0.611 bits per heavy atom. The summed E-state index contributed by atoms with van der Waals surface area (Å²) in [6, 6.07) is 11.7. The monoisotopic (exact) mass is 242 g/mol. The summed E-state index contributed by atoms with van der Waals surface area (Å²) < 4.78 is 21.8. The molecule has 2 aliphatic rings. The molecule has 0 radical (unpaired) electrons. The number of hydrogen-bond acceptors (Lipinski definition) is 4. The molecule has 0 spiro atoms. The van der Waals surface area contributed by atoms with E-state index in [0.717, 1.165) is 34.1 Å². The first-order chi connectivity index (χ1) is 8.93. The summed E-state index contributed by atoms with van der Waals surface area (Å²) in [7, 11) is 0. The largest absolute Gasteiger partial charge is 0.454 e. The van der Waals surface area contributed by atoms with E-state index in [1.54, 1.807) is 0 Å². The maximum Gasteiger partial charge on any atom is 0.231 e. The number of fused-ring (bicyclic) bond motifs is 2. The SMILES string of the molecule is c1cc2c(c(-c3cccc4c3OCO4)c1)OCO2. The molecule has 4 rings (SSSR count). The number of hydrogen-bond donors (Lipinski definition) is 0. The molecule has 18 heavy (non-hydrogen) atoms. The highest BCUT2D eigenvalue weighted by atomic mass is 16.7. The lowest BCUT2D eigenvalue weighted by Gasteiger charge is -2.08. The number of ether oxygens (including phenoxy) is 4. The van der Waals surface area contributed by atoms with Crippen LogP contribution < -0.4 is 18.9 Å². The number of para-hydroxylation sites is 2.